The lowest BCUT2D eigenvalue weighted by atomic mass is 9.96. The van der Waals surface area contributed by atoms with Crippen LogP contribution >= 0.6 is 0 Å². The van der Waals surface area contributed by atoms with E-state index in [9.17, 15) is 4.79 Å². The summed E-state index contributed by atoms with van der Waals surface area (Å²) < 4.78 is 7.67. The third-order valence-corrected chi connectivity index (χ3v) is 6.20. The van der Waals surface area contributed by atoms with Gasteiger partial charge in [0.2, 0.25) is 0 Å². The number of aromatic nitrogens is 3. The number of hydrogen-bond donors (Lipinski definition) is 1. The highest BCUT2D eigenvalue weighted by molar-refractivity contribution is 5.96. The molecule has 4 aromatic rings. The third-order valence-electron chi connectivity index (χ3n) is 6.20. The first-order valence-corrected chi connectivity index (χ1v) is 11.0. The van der Waals surface area contributed by atoms with Crippen LogP contribution in [0.3, 0.4) is 0 Å². The first-order valence-electron chi connectivity index (χ1n) is 11.0. The summed E-state index contributed by atoms with van der Waals surface area (Å²) in [5, 5.41) is 3.41. The van der Waals surface area contributed by atoms with E-state index in [0.29, 0.717) is 5.56 Å². The number of benzene rings is 2. The molecule has 0 radical (unpaired) electrons. The molecule has 2 aromatic heterocycles. The number of nitrogens with zero attached hydrogens (tertiary/aromatic N) is 4. The largest absolute Gasteiger partial charge is 0.496 e. The Hall–Kier alpha value is -3.71. The van der Waals surface area contributed by atoms with Crippen molar-refractivity contribution < 1.29 is 9.53 Å². The van der Waals surface area contributed by atoms with Crippen molar-refractivity contribution >= 4 is 17.1 Å². The molecule has 7 heteroatoms. The molecule has 0 unspecified atom stereocenters. The number of fused-ring (bicyclic) bond motifs is 2. The van der Waals surface area contributed by atoms with E-state index in [4.69, 9.17) is 14.7 Å². The van der Waals surface area contributed by atoms with Gasteiger partial charge < -0.3 is 19.5 Å². The van der Waals surface area contributed by atoms with E-state index in [-0.39, 0.29) is 5.91 Å². The maximum absolute atomic E-state index is 12.2. The van der Waals surface area contributed by atoms with Gasteiger partial charge in [0.15, 0.2) is 5.65 Å². The zero-order chi connectivity index (χ0) is 23.1. The van der Waals surface area contributed by atoms with Crippen LogP contribution in [0.15, 0.2) is 48.8 Å². The summed E-state index contributed by atoms with van der Waals surface area (Å²) in [6, 6.07) is 11.9. The molecular formula is C26H27N5O2. The van der Waals surface area contributed by atoms with Crippen molar-refractivity contribution in [2.45, 2.75) is 13.0 Å². The second-order valence-corrected chi connectivity index (χ2v) is 8.60. The Morgan fingerprint density at radius 3 is 2.67 bits per heavy atom. The van der Waals surface area contributed by atoms with Crippen LogP contribution in [0.5, 0.6) is 5.75 Å². The molecule has 3 heterocycles. The van der Waals surface area contributed by atoms with Crippen molar-refractivity contribution in [3.05, 3.63) is 65.5 Å². The molecule has 0 atom stereocenters. The fraction of sp³-hybridized carbons (Fsp3) is 0.269. The molecule has 0 saturated carbocycles. The predicted octanol–water partition coefficient (Wildman–Crippen LogP) is 3.66. The summed E-state index contributed by atoms with van der Waals surface area (Å²) >= 11 is 0. The maximum atomic E-state index is 12.2. The Bertz CT molecular complexity index is 1340. The van der Waals surface area contributed by atoms with Crippen LogP contribution in [0.1, 0.15) is 21.5 Å². The van der Waals surface area contributed by atoms with Crippen molar-refractivity contribution in [1.82, 2.24) is 24.8 Å². The normalized spacial score (nSPS) is 13.1. The summed E-state index contributed by atoms with van der Waals surface area (Å²) in [6.45, 7) is 1.78. The SMILES string of the molecule is COc1cc(-c2cnc3c(n2)c(-c2ccc(C(=O)N(C)C)cc2)cn3C)cc2c1CNCC2. The quantitative estimate of drug-likeness (QED) is 0.523. The van der Waals surface area contributed by atoms with Crippen molar-refractivity contribution in [3.63, 3.8) is 0 Å². The Balaban J connectivity index is 1.59. The minimum atomic E-state index is -0.0156. The zero-order valence-electron chi connectivity index (χ0n) is 19.3. The standard InChI is InChI=1S/C26H27N5O2/c1-30(2)26(32)17-7-5-16(6-8-17)21-15-31(3)25-24(21)29-22(14-28-25)19-11-18-9-10-27-13-20(18)23(12-19)33-4/h5-8,11-12,14-15,27H,9-10,13H2,1-4H3. The van der Waals surface area contributed by atoms with E-state index in [1.807, 2.05) is 54.3 Å². The number of rotatable bonds is 4. The Morgan fingerprint density at radius 1 is 1.15 bits per heavy atom. The minimum absolute atomic E-state index is 0.0156. The van der Waals surface area contributed by atoms with E-state index in [2.05, 4.69) is 11.4 Å². The van der Waals surface area contributed by atoms with Gasteiger partial charge in [-0.15, -0.1) is 0 Å². The number of ether oxygens (including phenoxy) is 1. The summed E-state index contributed by atoms with van der Waals surface area (Å²) in [5.74, 6) is 0.865. The summed E-state index contributed by atoms with van der Waals surface area (Å²) in [4.78, 5) is 23.6. The van der Waals surface area contributed by atoms with Crippen LogP contribution in [-0.2, 0) is 20.0 Å². The molecule has 1 N–H and O–H groups in total. The highest BCUT2D eigenvalue weighted by Gasteiger charge is 2.18. The number of aryl methyl sites for hydroxylation is 1. The third kappa shape index (κ3) is 3.74. The number of carbonyl (C=O) groups excluding carboxylic acids is 1. The van der Waals surface area contributed by atoms with E-state index < -0.39 is 0 Å². The van der Waals surface area contributed by atoms with Gasteiger partial charge in [0, 0.05) is 56.1 Å². The Labute approximate surface area is 193 Å². The van der Waals surface area contributed by atoms with Crippen LogP contribution < -0.4 is 10.1 Å². The molecule has 33 heavy (non-hydrogen) atoms. The Morgan fingerprint density at radius 2 is 1.94 bits per heavy atom. The molecule has 168 valence electrons. The van der Waals surface area contributed by atoms with Crippen molar-refractivity contribution in [2.75, 3.05) is 27.7 Å². The van der Waals surface area contributed by atoms with Gasteiger partial charge in [0.25, 0.3) is 5.91 Å². The van der Waals surface area contributed by atoms with Gasteiger partial charge in [-0.25, -0.2) is 9.97 Å². The molecule has 1 aliphatic heterocycles. The molecule has 5 rings (SSSR count). The van der Waals surface area contributed by atoms with E-state index in [1.165, 1.54) is 11.1 Å². The summed E-state index contributed by atoms with van der Waals surface area (Å²) in [7, 11) is 7.19. The molecule has 0 fully saturated rings. The molecule has 2 aromatic carbocycles. The van der Waals surface area contributed by atoms with Gasteiger partial charge in [0.05, 0.1) is 19.0 Å². The second-order valence-electron chi connectivity index (χ2n) is 8.60. The Kier molecular flexibility index (Phi) is 5.34. The predicted molar refractivity (Wildman–Crippen MR) is 129 cm³/mol. The molecule has 7 nitrogen and oxygen atoms in total. The van der Waals surface area contributed by atoms with Gasteiger partial charge in [0.1, 0.15) is 11.3 Å². The first-order chi connectivity index (χ1) is 16.0. The topological polar surface area (TPSA) is 72.3 Å². The lowest BCUT2D eigenvalue weighted by Crippen LogP contribution is -2.24. The molecule has 0 aliphatic carbocycles. The van der Waals surface area contributed by atoms with Gasteiger partial charge in [-0.2, -0.15) is 0 Å². The lowest BCUT2D eigenvalue weighted by molar-refractivity contribution is 0.0827. The van der Waals surface area contributed by atoms with E-state index in [0.717, 1.165) is 58.8 Å². The van der Waals surface area contributed by atoms with Crippen LogP contribution in [0.25, 0.3) is 33.5 Å². The van der Waals surface area contributed by atoms with Crippen LogP contribution in [0, 0.1) is 0 Å². The van der Waals surface area contributed by atoms with Crippen molar-refractivity contribution in [3.8, 4) is 28.1 Å². The number of methoxy groups -OCH3 is 1. The fourth-order valence-electron chi connectivity index (χ4n) is 4.43. The number of hydrogen-bond acceptors (Lipinski definition) is 5. The number of carbonyl (C=O) groups is 1. The van der Waals surface area contributed by atoms with Crippen molar-refractivity contribution in [2.24, 2.45) is 7.05 Å². The second kappa shape index (κ2) is 8.33. The lowest BCUT2D eigenvalue weighted by Gasteiger charge is -2.21. The molecule has 0 spiro atoms. The monoisotopic (exact) mass is 441 g/mol. The van der Waals surface area contributed by atoms with Crippen LogP contribution in [-0.4, -0.2) is 53.1 Å². The maximum Gasteiger partial charge on any atom is 0.253 e. The molecule has 0 saturated heterocycles. The smallest absolute Gasteiger partial charge is 0.253 e. The number of nitrogens with one attached hydrogen (secondary N) is 1. The number of amides is 1. The van der Waals surface area contributed by atoms with E-state index in [1.54, 1.807) is 26.1 Å². The van der Waals surface area contributed by atoms with Gasteiger partial charge in [-0.3, -0.25) is 4.79 Å². The van der Waals surface area contributed by atoms with Gasteiger partial charge in [-0.05, 0) is 48.4 Å². The highest BCUT2D eigenvalue weighted by atomic mass is 16.5. The molecular weight excluding hydrogens is 414 g/mol. The fourth-order valence-corrected chi connectivity index (χ4v) is 4.43. The average Bonchev–Trinajstić information content (AvgIpc) is 3.18. The van der Waals surface area contributed by atoms with E-state index >= 15 is 0 Å². The van der Waals surface area contributed by atoms with Crippen molar-refractivity contribution in [1.29, 1.82) is 0 Å². The van der Waals surface area contributed by atoms with Crippen LogP contribution in [0.4, 0.5) is 0 Å². The molecule has 0 bridgehead atoms. The minimum Gasteiger partial charge on any atom is -0.496 e. The first kappa shape index (κ1) is 21.2. The van der Waals surface area contributed by atoms with Crippen LogP contribution in [0.2, 0.25) is 0 Å². The molecule has 1 amide bonds. The zero-order valence-corrected chi connectivity index (χ0v) is 19.3. The van der Waals surface area contributed by atoms with Gasteiger partial charge >= 0.3 is 0 Å². The average molecular weight is 442 g/mol. The highest BCUT2D eigenvalue weighted by Crippen LogP contribution is 2.34. The molecule has 1 aliphatic rings. The summed E-state index contributed by atoms with van der Waals surface area (Å²) in [5.41, 5.74) is 8.62. The van der Waals surface area contributed by atoms with Gasteiger partial charge in [-0.1, -0.05) is 12.1 Å². The summed E-state index contributed by atoms with van der Waals surface area (Å²) in [6.07, 6.45) is 4.83.